The summed E-state index contributed by atoms with van der Waals surface area (Å²) in [6.07, 6.45) is 5.43. The maximum atomic E-state index is 14.8. The summed E-state index contributed by atoms with van der Waals surface area (Å²) >= 11 is 1.36. The topological polar surface area (TPSA) is 78.6 Å². The van der Waals surface area contributed by atoms with Crippen LogP contribution in [-0.2, 0) is 21.6 Å². The van der Waals surface area contributed by atoms with Gasteiger partial charge < -0.3 is 19.3 Å². The van der Waals surface area contributed by atoms with Gasteiger partial charge in [0.05, 0.1) is 25.0 Å². The third-order valence-corrected chi connectivity index (χ3v) is 8.94. The molecule has 0 bridgehead atoms. The van der Waals surface area contributed by atoms with Gasteiger partial charge in [-0.1, -0.05) is 49.4 Å². The second-order valence-corrected chi connectivity index (χ2v) is 12.6. The SMILES string of the molecule is CC(SC1COC(C=CC=Cc2ccc3cc(OCC(F)(F)C(F)F)ccc3c2)OC1)C(O)(Cn1cncn1)c1ccc(F)cc1F. The standard InChI is InChI=1S/C33H31F6N3O4S/c1-21(32(43,17-42-20-40-19-41-42)28-11-9-25(34)14-29(28)35)47-27-15-44-30(45-16-27)5-3-2-4-22-6-7-24-13-26(10-8-23(24)12-22)46-18-33(38,39)31(36)37/h2-14,19-21,27,30-31,43H,15-18H2,1H3. The molecule has 0 amide bonds. The number of hydrogen-bond donors (Lipinski definition) is 1. The third kappa shape index (κ3) is 8.74. The molecule has 0 saturated carbocycles. The fourth-order valence-corrected chi connectivity index (χ4v) is 6.24. The van der Waals surface area contributed by atoms with E-state index in [9.17, 15) is 31.4 Å². The van der Waals surface area contributed by atoms with Crippen molar-refractivity contribution >= 4 is 28.6 Å². The molecule has 4 aromatic rings. The van der Waals surface area contributed by atoms with E-state index >= 15 is 0 Å². The summed E-state index contributed by atoms with van der Waals surface area (Å²) in [4.78, 5) is 3.89. The fourth-order valence-electron chi connectivity index (χ4n) is 4.93. The largest absolute Gasteiger partial charge is 0.487 e. The van der Waals surface area contributed by atoms with Crippen molar-refractivity contribution in [1.82, 2.24) is 14.8 Å². The first-order chi connectivity index (χ1) is 22.4. The van der Waals surface area contributed by atoms with E-state index in [4.69, 9.17) is 14.2 Å². The van der Waals surface area contributed by atoms with Gasteiger partial charge in [-0.2, -0.15) is 13.9 Å². The lowest BCUT2D eigenvalue weighted by Gasteiger charge is -2.37. The molecule has 1 aromatic heterocycles. The van der Waals surface area contributed by atoms with Crippen molar-refractivity contribution in [3.8, 4) is 5.75 Å². The van der Waals surface area contributed by atoms with E-state index in [1.807, 2.05) is 18.2 Å². The number of aliphatic hydroxyl groups is 1. The van der Waals surface area contributed by atoms with Crippen LogP contribution in [0.15, 0.2) is 85.5 Å². The summed E-state index contributed by atoms with van der Waals surface area (Å²) in [5, 5.41) is 16.5. The summed E-state index contributed by atoms with van der Waals surface area (Å²) in [7, 11) is 0. The van der Waals surface area contributed by atoms with Crippen molar-refractivity contribution in [2.24, 2.45) is 0 Å². The molecule has 1 aliphatic rings. The molecule has 0 spiro atoms. The number of rotatable bonds is 13. The van der Waals surface area contributed by atoms with Crippen molar-refractivity contribution in [2.45, 2.75) is 48.2 Å². The summed E-state index contributed by atoms with van der Waals surface area (Å²) in [5.41, 5.74) is -0.947. The zero-order valence-corrected chi connectivity index (χ0v) is 25.8. The van der Waals surface area contributed by atoms with Gasteiger partial charge in [0, 0.05) is 16.9 Å². The van der Waals surface area contributed by atoms with Gasteiger partial charge in [0.25, 0.3) is 0 Å². The number of alkyl halides is 4. The van der Waals surface area contributed by atoms with Gasteiger partial charge in [-0.15, -0.1) is 11.8 Å². The van der Waals surface area contributed by atoms with Crippen molar-refractivity contribution in [3.05, 3.63) is 108 Å². The van der Waals surface area contributed by atoms with Crippen molar-refractivity contribution in [3.63, 3.8) is 0 Å². The lowest BCUT2D eigenvalue weighted by molar-refractivity contribution is -0.148. The zero-order valence-electron chi connectivity index (χ0n) is 25.0. The molecular formula is C33H31F6N3O4S. The Morgan fingerprint density at radius 2 is 1.79 bits per heavy atom. The number of allylic oxidation sites excluding steroid dienone is 2. The molecule has 14 heteroatoms. The Morgan fingerprint density at radius 1 is 1.04 bits per heavy atom. The minimum absolute atomic E-state index is 0.0558. The van der Waals surface area contributed by atoms with E-state index < -0.39 is 47.7 Å². The van der Waals surface area contributed by atoms with Gasteiger partial charge in [-0.25, -0.2) is 27.2 Å². The summed E-state index contributed by atoms with van der Waals surface area (Å²) in [5.74, 6) is -5.78. The molecule has 47 heavy (non-hydrogen) atoms. The molecule has 250 valence electrons. The molecule has 0 aliphatic carbocycles. The Bertz CT molecular complexity index is 1700. The summed E-state index contributed by atoms with van der Waals surface area (Å²) in [6, 6.07) is 13.1. The van der Waals surface area contributed by atoms with Crippen molar-refractivity contribution in [2.75, 3.05) is 19.8 Å². The van der Waals surface area contributed by atoms with Gasteiger partial charge in [0.15, 0.2) is 12.9 Å². The van der Waals surface area contributed by atoms with Crippen LogP contribution in [0.3, 0.4) is 0 Å². The Hall–Kier alpha value is -3.85. The number of nitrogens with zero attached hydrogens (tertiary/aromatic N) is 3. The molecule has 1 saturated heterocycles. The molecule has 3 aromatic carbocycles. The average molecular weight is 680 g/mol. The van der Waals surface area contributed by atoms with Crippen LogP contribution in [0.5, 0.6) is 5.75 Å². The van der Waals surface area contributed by atoms with Crippen molar-refractivity contribution in [1.29, 1.82) is 0 Å². The number of benzene rings is 3. The minimum Gasteiger partial charge on any atom is -0.487 e. The highest BCUT2D eigenvalue weighted by atomic mass is 32.2. The van der Waals surface area contributed by atoms with E-state index in [1.54, 1.807) is 37.3 Å². The molecule has 0 radical (unpaired) electrons. The minimum atomic E-state index is -4.23. The smallest absolute Gasteiger partial charge is 0.340 e. The van der Waals surface area contributed by atoms with Crippen LogP contribution in [0.1, 0.15) is 18.1 Å². The monoisotopic (exact) mass is 679 g/mol. The molecule has 7 nitrogen and oxygen atoms in total. The highest BCUT2D eigenvalue weighted by Gasteiger charge is 2.42. The molecule has 2 unspecified atom stereocenters. The predicted octanol–water partition coefficient (Wildman–Crippen LogP) is 7.01. The van der Waals surface area contributed by atoms with Gasteiger partial charge in [0.2, 0.25) is 0 Å². The van der Waals surface area contributed by atoms with Gasteiger partial charge in [-0.05, 0) is 46.7 Å². The lowest BCUT2D eigenvalue weighted by atomic mass is 9.90. The molecule has 2 heterocycles. The fraction of sp³-hybridized carbons (Fsp3) is 0.333. The van der Waals surface area contributed by atoms with E-state index in [1.165, 1.54) is 47.3 Å². The van der Waals surface area contributed by atoms with Crippen molar-refractivity contribution < 1.29 is 45.7 Å². The van der Waals surface area contributed by atoms with E-state index in [2.05, 4.69) is 10.1 Å². The zero-order chi connectivity index (χ0) is 33.6. The lowest BCUT2D eigenvalue weighted by Crippen LogP contribution is -2.43. The van der Waals surface area contributed by atoms with Crippen LogP contribution < -0.4 is 4.74 Å². The Morgan fingerprint density at radius 3 is 2.49 bits per heavy atom. The average Bonchev–Trinajstić information content (AvgIpc) is 3.55. The number of aromatic nitrogens is 3. The number of hydrogen-bond acceptors (Lipinski definition) is 7. The Labute approximate surface area is 270 Å². The normalized spacial score (nSPS) is 19.5. The first-order valence-corrected chi connectivity index (χ1v) is 15.4. The second kappa shape index (κ2) is 14.9. The Kier molecular flexibility index (Phi) is 11.0. The van der Waals surface area contributed by atoms with E-state index in [-0.39, 0.29) is 23.1 Å². The highest BCUT2D eigenvalue weighted by Crippen LogP contribution is 2.38. The van der Waals surface area contributed by atoms with Crippen LogP contribution in [0, 0.1) is 11.6 Å². The van der Waals surface area contributed by atoms with Crippen LogP contribution in [0.25, 0.3) is 16.8 Å². The molecule has 1 fully saturated rings. The third-order valence-electron chi connectivity index (χ3n) is 7.48. The van der Waals surface area contributed by atoms with E-state index in [0.717, 1.165) is 23.1 Å². The summed E-state index contributed by atoms with van der Waals surface area (Å²) in [6.45, 7) is 0.833. The molecule has 5 rings (SSSR count). The first kappa shape index (κ1) is 34.5. The quantitative estimate of drug-likeness (QED) is 0.120. The molecular weight excluding hydrogens is 648 g/mol. The maximum absolute atomic E-state index is 14.8. The number of halogens is 6. The highest BCUT2D eigenvalue weighted by molar-refractivity contribution is 8.00. The molecule has 2 atom stereocenters. The Balaban J connectivity index is 1.13. The number of thioether (sulfide) groups is 1. The molecule has 1 aliphatic heterocycles. The van der Waals surface area contributed by atoms with Gasteiger partial charge in [-0.3, -0.25) is 0 Å². The van der Waals surface area contributed by atoms with Gasteiger partial charge in [0.1, 0.15) is 35.6 Å². The predicted molar refractivity (Wildman–Crippen MR) is 165 cm³/mol. The van der Waals surface area contributed by atoms with Gasteiger partial charge >= 0.3 is 12.3 Å². The number of ether oxygens (including phenoxy) is 3. The number of fused-ring (bicyclic) bond motifs is 1. The molecule has 1 N–H and O–H groups in total. The van der Waals surface area contributed by atoms with E-state index in [0.29, 0.717) is 18.6 Å². The van der Waals surface area contributed by atoms with Crippen LogP contribution in [0.4, 0.5) is 26.3 Å². The second-order valence-electron chi connectivity index (χ2n) is 10.9. The first-order valence-electron chi connectivity index (χ1n) is 14.5. The van der Waals surface area contributed by atoms with Crippen LogP contribution >= 0.6 is 11.8 Å². The van der Waals surface area contributed by atoms with Crippen LogP contribution in [0.2, 0.25) is 0 Å². The summed E-state index contributed by atoms with van der Waals surface area (Å²) < 4.78 is 97.4. The maximum Gasteiger partial charge on any atom is 0.340 e. The van der Waals surface area contributed by atoms with Crippen LogP contribution in [-0.4, -0.2) is 68.8 Å².